The van der Waals surface area contributed by atoms with Crippen molar-refractivity contribution in [2.24, 2.45) is 0 Å². The van der Waals surface area contributed by atoms with Crippen molar-refractivity contribution in [3.05, 3.63) is 29.8 Å². The van der Waals surface area contributed by atoms with Gasteiger partial charge in [-0.2, -0.15) is 4.68 Å². The van der Waals surface area contributed by atoms with E-state index in [1.165, 1.54) is 11.8 Å². The zero-order chi connectivity index (χ0) is 18.0. The van der Waals surface area contributed by atoms with Gasteiger partial charge in [0.25, 0.3) is 0 Å². The van der Waals surface area contributed by atoms with E-state index in [1.807, 2.05) is 31.2 Å². The first-order chi connectivity index (χ1) is 11.9. The monoisotopic (exact) mass is 401 g/mol. The molecule has 8 nitrogen and oxygen atoms in total. The van der Waals surface area contributed by atoms with Gasteiger partial charge in [0, 0.05) is 0 Å². The lowest BCUT2D eigenvalue weighted by atomic mass is 10.2. The molecular formula is C14H16ClN5O3S2. The molecule has 2 heterocycles. The highest BCUT2D eigenvalue weighted by molar-refractivity contribution is 7.99. The molecule has 0 radical (unpaired) electrons. The maximum absolute atomic E-state index is 12.1. The van der Waals surface area contributed by atoms with Crippen molar-refractivity contribution < 1.29 is 13.2 Å². The first kappa shape index (κ1) is 18.2. The van der Waals surface area contributed by atoms with Crippen molar-refractivity contribution in [3.8, 4) is 5.69 Å². The average Bonchev–Trinajstić information content (AvgIpc) is 3.09. The van der Waals surface area contributed by atoms with Crippen molar-refractivity contribution in [2.75, 3.05) is 17.3 Å². The van der Waals surface area contributed by atoms with Gasteiger partial charge in [-0.05, 0) is 29.0 Å². The van der Waals surface area contributed by atoms with Crippen molar-refractivity contribution in [3.63, 3.8) is 0 Å². The van der Waals surface area contributed by atoms with Crippen LogP contribution in [0.1, 0.15) is 5.56 Å². The third kappa shape index (κ3) is 4.31. The van der Waals surface area contributed by atoms with Gasteiger partial charge >= 0.3 is 0 Å². The van der Waals surface area contributed by atoms with E-state index in [4.69, 9.17) is 11.6 Å². The number of rotatable bonds is 5. The lowest BCUT2D eigenvalue weighted by Gasteiger charge is -2.14. The van der Waals surface area contributed by atoms with Crippen molar-refractivity contribution in [1.29, 1.82) is 0 Å². The maximum Gasteiger partial charge on any atom is 0.230 e. The van der Waals surface area contributed by atoms with Gasteiger partial charge in [0.15, 0.2) is 9.84 Å². The summed E-state index contributed by atoms with van der Waals surface area (Å²) in [5.74, 6) is -0.486. The van der Waals surface area contributed by atoms with E-state index in [0.29, 0.717) is 5.16 Å². The Morgan fingerprint density at radius 2 is 2.16 bits per heavy atom. The quantitative estimate of drug-likeness (QED) is 0.576. The summed E-state index contributed by atoms with van der Waals surface area (Å²) in [6.45, 7) is 1.94. The number of benzene rings is 1. The van der Waals surface area contributed by atoms with Gasteiger partial charge in [0.05, 0.1) is 34.4 Å². The van der Waals surface area contributed by atoms with Crippen LogP contribution in [0, 0.1) is 6.92 Å². The number of hydrogen-bond acceptors (Lipinski definition) is 7. The number of carbonyl (C=O) groups is 1. The van der Waals surface area contributed by atoms with E-state index in [9.17, 15) is 13.2 Å². The minimum atomic E-state index is -3.19. The highest BCUT2D eigenvalue weighted by Gasteiger charge is 2.37. The SMILES string of the molecule is Cc1ccccc1-n1nnnc1SCC(=O)N[C@H]1CS(=O)(=O)C[C@H]1Cl. The Balaban J connectivity index is 1.62. The second kappa shape index (κ2) is 7.30. The third-order valence-corrected chi connectivity index (χ3v) is 7.04. The summed E-state index contributed by atoms with van der Waals surface area (Å²) in [5, 5.41) is 14.1. The molecule has 11 heteroatoms. The molecule has 1 aromatic carbocycles. The van der Waals surface area contributed by atoms with Crippen molar-refractivity contribution in [1.82, 2.24) is 25.5 Å². The van der Waals surface area contributed by atoms with Gasteiger partial charge in [0.1, 0.15) is 0 Å². The van der Waals surface area contributed by atoms with E-state index in [0.717, 1.165) is 11.3 Å². The predicted molar refractivity (Wildman–Crippen MR) is 94.8 cm³/mol. The number of nitrogens with zero attached hydrogens (tertiary/aromatic N) is 4. The molecule has 2 aromatic rings. The number of thioether (sulfide) groups is 1. The molecular weight excluding hydrogens is 386 g/mol. The van der Waals surface area contributed by atoms with Crippen LogP contribution in [0.15, 0.2) is 29.4 Å². The largest absolute Gasteiger partial charge is 0.350 e. The number of hydrogen-bond donors (Lipinski definition) is 1. The van der Waals surface area contributed by atoms with Crippen LogP contribution in [0.5, 0.6) is 0 Å². The summed E-state index contributed by atoms with van der Waals surface area (Å²) < 4.78 is 24.6. The second-order valence-corrected chi connectivity index (χ2v) is 9.37. The zero-order valence-corrected chi connectivity index (χ0v) is 15.7. The van der Waals surface area contributed by atoms with Crippen LogP contribution in [-0.2, 0) is 14.6 Å². The summed E-state index contributed by atoms with van der Waals surface area (Å²) in [5.41, 5.74) is 1.83. The number of halogens is 1. The molecule has 25 heavy (non-hydrogen) atoms. The first-order valence-electron chi connectivity index (χ1n) is 7.47. The van der Waals surface area contributed by atoms with Crippen LogP contribution in [0.4, 0.5) is 0 Å². The first-order valence-corrected chi connectivity index (χ1v) is 10.7. The molecule has 1 N–H and O–H groups in total. The van der Waals surface area contributed by atoms with E-state index in [2.05, 4.69) is 20.8 Å². The number of para-hydroxylation sites is 1. The highest BCUT2D eigenvalue weighted by Crippen LogP contribution is 2.21. The number of tetrazole rings is 1. The lowest BCUT2D eigenvalue weighted by Crippen LogP contribution is -2.41. The fraction of sp³-hybridized carbons (Fsp3) is 0.429. The Hall–Kier alpha value is -1.65. The number of aryl methyl sites for hydroxylation is 1. The smallest absolute Gasteiger partial charge is 0.230 e. The van der Waals surface area contributed by atoms with E-state index in [1.54, 1.807) is 4.68 Å². The number of alkyl halides is 1. The predicted octanol–water partition coefficient (Wildman–Crippen LogP) is 0.583. The van der Waals surface area contributed by atoms with Gasteiger partial charge in [-0.25, -0.2) is 8.42 Å². The molecule has 1 amide bonds. The fourth-order valence-electron chi connectivity index (χ4n) is 2.54. The topological polar surface area (TPSA) is 107 Å². The molecule has 0 aliphatic carbocycles. The molecule has 1 aliphatic rings. The van der Waals surface area contributed by atoms with Gasteiger partial charge in [-0.3, -0.25) is 4.79 Å². The van der Waals surface area contributed by atoms with E-state index in [-0.39, 0.29) is 23.2 Å². The van der Waals surface area contributed by atoms with Crippen LogP contribution < -0.4 is 5.32 Å². The zero-order valence-electron chi connectivity index (χ0n) is 13.3. The summed E-state index contributed by atoms with van der Waals surface area (Å²) in [7, 11) is -3.19. The molecule has 0 spiro atoms. The van der Waals surface area contributed by atoms with E-state index >= 15 is 0 Å². The Labute approximate surface area is 154 Å². The molecule has 0 saturated carbocycles. The Morgan fingerprint density at radius 3 is 2.84 bits per heavy atom. The van der Waals surface area contributed by atoms with Gasteiger partial charge in [0.2, 0.25) is 11.1 Å². The van der Waals surface area contributed by atoms with Crippen LogP contribution in [0.3, 0.4) is 0 Å². The molecule has 0 unspecified atom stereocenters. The summed E-state index contributed by atoms with van der Waals surface area (Å²) in [4.78, 5) is 12.1. The Morgan fingerprint density at radius 1 is 1.40 bits per heavy atom. The minimum absolute atomic E-state index is 0.0619. The molecule has 0 bridgehead atoms. The number of carbonyl (C=O) groups excluding carboxylic acids is 1. The molecule has 1 saturated heterocycles. The minimum Gasteiger partial charge on any atom is -0.350 e. The molecule has 134 valence electrons. The second-order valence-electron chi connectivity index (χ2n) is 5.72. The summed E-state index contributed by atoms with van der Waals surface area (Å²) in [6.07, 6.45) is 0. The summed E-state index contributed by atoms with van der Waals surface area (Å²) in [6, 6.07) is 7.07. The number of amides is 1. The van der Waals surface area contributed by atoms with Crippen LogP contribution in [0.25, 0.3) is 5.69 Å². The van der Waals surface area contributed by atoms with Gasteiger partial charge in [-0.1, -0.05) is 30.0 Å². The van der Waals surface area contributed by atoms with Crippen molar-refractivity contribution in [2.45, 2.75) is 23.5 Å². The van der Waals surface area contributed by atoms with Crippen LogP contribution in [-0.4, -0.2) is 63.2 Å². The van der Waals surface area contributed by atoms with Crippen LogP contribution >= 0.6 is 23.4 Å². The van der Waals surface area contributed by atoms with E-state index < -0.39 is 21.3 Å². The normalized spacial score (nSPS) is 22.0. The standard InChI is InChI=1S/C14H16ClN5O3S2/c1-9-4-2-3-5-12(9)20-14(17-18-19-20)24-6-13(21)16-11-8-25(22,23)7-10(11)15/h2-5,10-11H,6-8H2,1H3,(H,16,21)/t10-,11+/m1/s1. The fourth-order valence-corrected chi connectivity index (χ4v) is 5.78. The lowest BCUT2D eigenvalue weighted by molar-refractivity contribution is -0.119. The average molecular weight is 402 g/mol. The molecule has 1 fully saturated rings. The summed E-state index contributed by atoms with van der Waals surface area (Å²) >= 11 is 7.16. The Kier molecular flexibility index (Phi) is 5.30. The third-order valence-electron chi connectivity index (χ3n) is 3.75. The molecule has 3 rings (SSSR count). The molecule has 2 atom stereocenters. The molecule has 1 aliphatic heterocycles. The van der Waals surface area contributed by atoms with Crippen LogP contribution in [0.2, 0.25) is 0 Å². The number of sulfone groups is 1. The highest BCUT2D eigenvalue weighted by atomic mass is 35.5. The number of aromatic nitrogens is 4. The van der Waals surface area contributed by atoms with Crippen molar-refractivity contribution >= 4 is 39.1 Å². The van der Waals surface area contributed by atoms with Gasteiger partial charge < -0.3 is 5.32 Å². The van der Waals surface area contributed by atoms with Gasteiger partial charge in [-0.15, -0.1) is 16.7 Å². The number of nitrogens with one attached hydrogen (secondary N) is 1. The Bertz CT molecular complexity index is 886. The maximum atomic E-state index is 12.1. The molecule has 1 aromatic heterocycles.